The van der Waals surface area contributed by atoms with Gasteiger partial charge in [0.2, 0.25) is 5.91 Å². The summed E-state index contributed by atoms with van der Waals surface area (Å²) in [7, 11) is 1.18. The first kappa shape index (κ1) is 72.0. The zero-order valence-corrected chi connectivity index (χ0v) is 50.4. The van der Waals surface area contributed by atoms with Crippen molar-refractivity contribution < 1.29 is 37.3 Å². The lowest BCUT2D eigenvalue weighted by molar-refractivity contribution is -0.870. The number of rotatable bonds is 57. The van der Waals surface area contributed by atoms with E-state index >= 15 is 0 Å². The number of phosphoric acid groups is 1. The van der Waals surface area contributed by atoms with Crippen LogP contribution >= 0.6 is 7.82 Å². The number of nitrogens with zero attached hydrogens (tertiary/aromatic N) is 1. The molecule has 9 nitrogen and oxygen atoms in total. The molecule has 74 heavy (non-hydrogen) atoms. The van der Waals surface area contributed by atoms with Gasteiger partial charge in [-0.1, -0.05) is 243 Å². The number of unbranched alkanes of at least 4 members (excludes halogenated alkanes) is 35. The molecule has 3 atom stereocenters. The van der Waals surface area contributed by atoms with E-state index in [4.69, 9.17) is 13.8 Å². The Morgan fingerprint density at radius 2 is 0.824 bits per heavy atom. The van der Waals surface area contributed by atoms with Crippen molar-refractivity contribution in [3.8, 4) is 0 Å². The normalized spacial score (nSPS) is 14.0. The zero-order chi connectivity index (χ0) is 54.3. The van der Waals surface area contributed by atoms with E-state index in [1.165, 1.54) is 186 Å². The minimum Gasteiger partial charge on any atom is -0.756 e. The molecule has 1 N–H and O–H groups in total. The van der Waals surface area contributed by atoms with E-state index < -0.39 is 20.0 Å². The summed E-state index contributed by atoms with van der Waals surface area (Å²) in [5, 5.41) is 3.03. The maximum Gasteiger partial charge on any atom is 0.306 e. The van der Waals surface area contributed by atoms with Crippen molar-refractivity contribution in [1.82, 2.24) is 5.32 Å². The summed E-state index contributed by atoms with van der Waals surface area (Å²) in [5.41, 5.74) is 0. The summed E-state index contributed by atoms with van der Waals surface area (Å²) in [6.07, 6.45) is 66.4. The molecule has 3 unspecified atom stereocenters. The number of quaternary nitrogens is 1. The van der Waals surface area contributed by atoms with Crippen LogP contribution in [0.25, 0.3) is 0 Å². The third-order valence-electron chi connectivity index (χ3n) is 14.0. The molecule has 0 aromatic heterocycles. The molecule has 0 bridgehead atoms. The molecule has 10 heteroatoms. The molecule has 0 aliphatic carbocycles. The van der Waals surface area contributed by atoms with Crippen LogP contribution in [0.2, 0.25) is 0 Å². The average molecular weight is 1060 g/mol. The van der Waals surface area contributed by atoms with Gasteiger partial charge in [0.15, 0.2) is 0 Å². The van der Waals surface area contributed by atoms with E-state index in [-0.39, 0.29) is 31.5 Å². The molecule has 0 heterocycles. The van der Waals surface area contributed by atoms with E-state index in [1.54, 1.807) is 0 Å². The maximum absolute atomic E-state index is 13.5. The van der Waals surface area contributed by atoms with Crippen LogP contribution in [0, 0.1) is 0 Å². The highest BCUT2D eigenvalue weighted by Crippen LogP contribution is 2.38. The molecule has 0 aliphatic heterocycles. The number of nitrogens with one attached hydrogen (secondary N) is 1. The molecule has 0 radical (unpaired) electrons. The van der Waals surface area contributed by atoms with E-state index in [2.05, 4.69) is 62.5 Å². The van der Waals surface area contributed by atoms with E-state index in [1.807, 2.05) is 33.3 Å². The van der Waals surface area contributed by atoms with Crippen LogP contribution in [0.4, 0.5) is 0 Å². The highest BCUT2D eigenvalue weighted by molar-refractivity contribution is 7.45. The quantitative estimate of drug-likeness (QED) is 0.0212. The third kappa shape index (κ3) is 54.7. The first-order valence-electron chi connectivity index (χ1n) is 31.4. The summed E-state index contributed by atoms with van der Waals surface area (Å²) in [6.45, 7) is 6.83. The largest absolute Gasteiger partial charge is 0.756 e. The number of amides is 1. The van der Waals surface area contributed by atoms with Gasteiger partial charge in [-0.15, -0.1) is 0 Å². The van der Waals surface area contributed by atoms with Crippen molar-refractivity contribution in [2.75, 3.05) is 40.9 Å². The lowest BCUT2D eigenvalue weighted by Gasteiger charge is -2.30. The molecule has 0 saturated carbocycles. The highest BCUT2D eigenvalue weighted by atomic mass is 31.2. The monoisotopic (exact) mass is 1060 g/mol. The van der Waals surface area contributed by atoms with Crippen molar-refractivity contribution in [2.24, 2.45) is 0 Å². The standard InChI is InChI=1S/C64H121N2O7P/c1-7-10-13-16-19-22-25-28-30-32-33-35-36-38-41-44-47-50-53-56-63(67)65-61(60-72-74(69,70)71-59-58-66(4,5)6)62(55-52-49-46-43-40-27-24-21-18-15-12-9-3)73-64(68)57-54-51-48-45-42-39-37-34-31-29-26-23-20-17-14-11-8-2/h20,23,28-31,52,55,61-62H,7-19,21-22,24-27,32-51,53-54,56-60H2,1-6H3,(H-,65,67,69,70)/b23-20-,30-28+,31-29-,55-52+. The van der Waals surface area contributed by atoms with Gasteiger partial charge in [-0.05, 0) is 89.5 Å². The van der Waals surface area contributed by atoms with Crippen LogP contribution in [-0.4, -0.2) is 69.4 Å². The van der Waals surface area contributed by atoms with E-state index in [9.17, 15) is 19.0 Å². The van der Waals surface area contributed by atoms with Crippen LogP contribution in [0.1, 0.15) is 297 Å². The van der Waals surface area contributed by atoms with Crippen molar-refractivity contribution >= 4 is 19.7 Å². The lowest BCUT2D eigenvalue weighted by atomic mass is 10.0. The van der Waals surface area contributed by atoms with Crippen molar-refractivity contribution in [2.45, 2.75) is 309 Å². The second-order valence-electron chi connectivity index (χ2n) is 22.6. The minimum atomic E-state index is -4.70. The first-order chi connectivity index (χ1) is 35.9. The van der Waals surface area contributed by atoms with Crippen molar-refractivity contribution in [3.63, 3.8) is 0 Å². The fourth-order valence-corrected chi connectivity index (χ4v) is 9.80. The molecular weight excluding hydrogens is 940 g/mol. The Balaban J connectivity index is 5.25. The van der Waals surface area contributed by atoms with Gasteiger partial charge in [0, 0.05) is 12.8 Å². The Labute approximate surface area is 458 Å². The molecule has 0 aliphatic rings. The number of esters is 1. The minimum absolute atomic E-state index is 0.0236. The second-order valence-corrected chi connectivity index (χ2v) is 24.0. The molecular formula is C64H121N2O7P. The summed E-state index contributed by atoms with van der Waals surface area (Å²) >= 11 is 0. The van der Waals surface area contributed by atoms with Gasteiger partial charge in [0.1, 0.15) is 19.3 Å². The summed E-state index contributed by atoms with van der Waals surface area (Å²) < 4.78 is 30.3. The van der Waals surface area contributed by atoms with Gasteiger partial charge in [0.25, 0.3) is 7.82 Å². The average Bonchev–Trinajstić information content (AvgIpc) is 3.36. The molecule has 0 saturated heterocycles. The first-order valence-corrected chi connectivity index (χ1v) is 32.9. The topological polar surface area (TPSA) is 114 Å². The Hall–Kier alpha value is -2.03. The summed E-state index contributed by atoms with van der Waals surface area (Å²) in [5.74, 6) is -0.544. The molecule has 0 spiro atoms. The van der Waals surface area contributed by atoms with Gasteiger partial charge in [-0.25, -0.2) is 0 Å². The van der Waals surface area contributed by atoms with Gasteiger partial charge in [-0.2, -0.15) is 0 Å². The Kier molecular flexibility index (Phi) is 52.8. The number of hydrogen-bond donors (Lipinski definition) is 1. The number of phosphoric ester groups is 1. The predicted molar refractivity (Wildman–Crippen MR) is 316 cm³/mol. The summed E-state index contributed by atoms with van der Waals surface area (Å²) in [4.78, 5) is 40.0. The fraction of sp³-hybridized carbons (Fsp3) is 0.844. The maximum atomic E-state index is 13.5. The smallest absolute Gasteiger partial charge is 0.306 e. The number of allylic oxidation sites excluding steroid dienone is 7. The van der Waals surface area contributed by atoms with Crippen molar-refractivity contribution in [1.29, 1.82) is 0 Å². The number of carbonyl (C=O) groups is 2. The number of likely N-dealkylation sites (N-methyl/N-ethyl adjacent to an activating group) is 1. The van der Waals surface area contributed by atoms with Crippen LogP contribution < -0.4 is 10.2 Å². The molecule has 0 aromatic rings. The lowest BCUT2D eigenvalue weighted by Crippen LogP contribution is -2.47. The van der Waals surface area contributed by atoms with Gasteiger partial charge >= 0.3 is 5.97 Å². The molecule has 0 aromatic carbocycles. The Morgan fingerprint density at radius 3 is 1.26 bits per heavy atom. The Morgan fingerprint density at radius 1 is 0.473 bits per heavy atom. The third-order valence-corrected chi connectivity index (χ3v) is 14.9. The van der Waals surface area contributed by atoms with Crippen LogP contribution in [-0.2, 0) is 27.9 Å². The number of hydrogen-bond acceptors (Lipinski definition) is 7. The molecule has 434 valence electrons. The number of ether oxygens (including phenoxy) is 1. The van der Waals surface area contributed by atoms with Crippen molar-refractivity contribution in [3.05, 3.63) is 48.6 Å². The zero-order valence-electron chi connectivity index (χ0n) is 49.6. The second kappa shape index (κ2) is 54.3. The van der Waals surface area contributed by atoms with Crippen LogP contribution in [0.5, 0.6) is 0 Å². The van der Waals surface area contributed by atoms with Crippen LogP contribution in [0.15, 0.2) is 48.6 Å². The van der Waals surface area contributed by atoms with Gasteiger partial charge in [-0.3, -0.25) is 14.2 Å². The number of carbonyl (C=O) groups excluding carboxylic acids is 2. The molecule has 0 rings (SSSR count). The highest BCUT2D eigenvalue weighted by Gasteiger charge is 2.27. The van der Waals surface area contributed by atoms with Gasteiger partial charge in [0.05, 0.1) is 33.8 Å². The van der Waals surface area contributed by atoms with Gasteiger partial charge < -0.3 is 28.5 Å². The Bertz CT molecular complexity index is 1410. The van der Waals surface area contributed by atoms with Crippen LogP contribution in [0.3, 0.4) is 0 Å². The van der Waals surface area contributed by atoms with E-state index in [0.29, 0.717) is 17.4 Å². The fourth-order valence-electron chi connectivity index (χ4n) is 9.08. The predicted octanol–water partition coefficient (Wildman–Crippen LogP) is 18.6. The SMILES string of the molecule is CCCCC/C=C\C/C=C\CCCCCCCCCC(=O)OC(/C=C/CCCCCCCCCCCC)C(COP(=O)([O-])OCC[N+](C)(C)C)NC(=O)CCCCCCCCCCC/C=C/CCCCCCCC. The summed E-state index contributed by atoms with van der Waals surface area (Å²) in [6, 6.07) is -0.891. The molecule has 0 fully saturated rings. The van der Waals surface area contributed by atoms with E-state index in [0.717, 1.165) is 77.0 Å². The molecule has 1 amide bonds.